The maximum Gasteiger partial charge on any atom is 0.227 e. The van der Waals surface area contributed by atoms with E-state index in [4.69, 9.17) is 9.47 Å². The van der Waals surface area contributed by atoms with E-state index in [2.05, 4.69) is 4.90 Å². The Morgan fingerprint density at radius 1 is 1.21 bits per heavy atom. The van der Waals surface area contributed by atoms with Gasteiger partial charge < -0.3 is 14.4 Å². The molecule has 2 heterocycles. The molecule has 1 aromatic carbocycles. The second kappa shape index (κ2) is 8.44. The van der Waals surface area contributed by atoms with E-state index in [9.17, 15) is 9.18 Å². The van der Waals surface area contributed by atoms with E-state index in [1.165, 1.54) is 12.1 Å². The summed E-state index contributed by atoms with van der Waals surface area (Å²) in [6.07, 6.45) is 2.00. The number of ether oxygens (including phenoxy) is 2. The fourth-order valence-electron chi connectivity index (χ4n) is 3.33. The third-order valence-corrected chi connectivity index (χ3v) is 4.67. The molecule has 3 rings (SSSR count). The lowest BCUT2D eigenvalue weighted by Crippen LogP contribution is -2.48. The Morgan fingerprint density at radius 3 is 2.71 bits per heavy atom. The first-order chi connectivity index (χ1) is 11.7. The van der Waals surface area contributed by atoms with Crippen molar-refractivity contribution in [3.05, 3.63) is 30.1 Å². The predicted octanol–water partition coefficient (Wildman–Crippen LogP) is 1.78. The average Bonchev–Trinajstić information content (AvgIpc) is 2.64. The number of nitrogens with zero attached hydrogens (tertiary/aromatic N) is 2. The van der Waals surface area contributed by atoms with Crippen molar-refractivity contribution in [3.8, 4) is 5.75 Å². The van der Waals surface area contributed by atoms with Crippen molar-refractivity contribution in [3.63, 3.8) is 0 Å². The van der Waals surface area contributed by atoms with Crippen molar-refractivity contribution in [2.75, 3.05) is 52.5 Å². The minimum absolute atomic E-state index is 0.0858. The van der Waals surface area contributed by atoms with Crippen LogP contribution in [0.1, 0.15) is 12.8 Å². The average molecular weight is 336 g/mol. The molecule has 2 aliphatic rings. The molecule has 0 saturated carbocycles. The van der Waals surface area contributed by atoms with Crippen LogP contribution in [0.15, 0.2) is 24.3 Å². The number of likely N-dealkylation sites (tertiary alicyclic amines) is 1. The summed E-state index contributed by atoms with van der Waals surface area (Å²) in [6, 6.07) is 6.06. The lowest BCUT2D eigenvalue weighted by molar-refractivity contribution is -0.141. The Morgan fingerprint density at radius 2 is 1.96 bits per heavy atom. The Balaban J connectivity index is 1.43. The molecule has 0 radical (unpaired) electrons. The minimum Gasteiger partial charge on any atom is -0.492 e. The molecular weight excluding hydrogens is 311 g/mol. The third kappa shape index (κ3) is 4.68. The van der Waals surface area contributed by atoms with Gasteiger partial charge in [0.15, 0.2) is 0 Å². The number of benzene rings is 1. The number of halogens is 1. The van der Waals surface area contributed by atoms with Gasteiger partial charge in [-0.25, -0.2) is 4.39 Å². The van der Waals surface area contributed by atoms with Crippen LogP contribution in [0.25, 0.3) is 0 Å². The Kier molecular flexibility index (Phi) is 6.04. The number of hydrogen-bond acceptors (Lipinski definition) is 4. The Hall–Kier alpha value is -1.66. The van der Waals surface area contributed by atoms with Gasteiger partial charge in [-0.3, -0.25) is 9.69 Å². The van der Waals surface area contributed by atoms with Crippen molar-refractivity contribution < 1.29 is 18.7 Å². The molecule has 1 amide bonds. The van der Waals surface area contributed by atoms with Gasteiger partial charge >= 0.3 is 0 Å². The summed E-state index contributed by atoms with van der Waals surface area (Å²) in [6.45, 7) is 5.84. The van der Waals surface area contributed by atoms with Crippen LogP contribution in [-0.4, -0.2) is 68.3 Å². The van der Waals surface area contributed by atoms with Gasteiger partial charge in [-0.15, -0.1) is 0 Å². The molecule has 6 heteroatoms. The third-order valence-electron chi connectivity index (χ3n) is 4.67. The highest BCUT2D eigenvalue weighted by Gasteiger charge is 2.29. The SMILES string of the molecule is O=C(C1CCCN(CCOc2ccc(F)cc2)C1)N1CCOCC1. The van der Waals surface area contributed by atoms with Crippen LogP contribution in [0, 0.1) is 11.7 Å². The molecule has 24 heavy (non-hydrogen) atoms. The Bertz CT molecular complexity index is 532. The van der Waals surface area contributed by atoms with E-state index in [1.807, 2.05) is 4.90 Å². The van der Waals surface area contributed by atoms with E-state index in [0.29, 0.717) is 38.7 Å². The van der Waals surface area contributed by atoms with Gasteiger partial charge in [0.05, 0.1) is 19.1 Å². The number of hydrogen-bond donors (Lipinski definition) is 0. The fraction of sp³-hybridized carbons (Fsp3) is 0.611. The maximum atomic E-state index is 12.9. The van der Waals surface area contributed by atoms with Crippen molar-refractivity contribution in [1.29, 1.82) is 0 Å². The predicted molar refractivity (Wildman–Crippen MR) is 88.5 cm³/mol. The first kappa shape index (κ1) is 17.2. The van der Waals surface area contributed by atoms with Gasteiger partial charge in [0.1, 0.15) is 18.2 Å². The second-order valence-electron chi connectivity index (χ2n) is 6.38. The number of piperidine rings is 1. The first-order valence-corrected chi connectivity index (χ1v) is 8.69. The largest absolute Gasteiger partial charge is 0.492 e. The molecular formula is C18H25FN2O3. The molecule has 2 saturated heterocycles. The van der Waals surface area contributed by atoms with E-state index in [0.717, 1.165) is 32.5 Å². The lowest BCUT2D eigenvalue weighted by atomic mass is 9.96. The monoisotopic (exact) mass is 336 g/mol. The fourth-order valence-corrected chi connectivity index (χ4v) is 3.33. The molecule has 5 nitrogen and oxygen atoms in total. The highest BCUT2D eigenvalue weighted by atomic mass is 19.1. The molecule has 2 fully saturated rings. The summed E-state index contributed by atoms with van der Waals surface area (Å²) in [5, 5.41) is 0. The Labute approximate surface area is 142 Å². The summed E-state index contributed by atoms with van der Waals surface area (Å²) in [5.74, 6) is 0.766. The van der Waals surface area contributed by atoms with Gasteiger partial charge in [0, 0.05) is 26.2 Å². The maximum absolute atomic E-state index is 12.9. The van der Waals surface area contributed by atoms with Gasteiger partial charge in [0.2, 0.25) is 5.91 Å². The van der Waals surface area contributed by atoms with Crippen molar-refractivity contribution in [1.82, 2.24) is 9.80 Å². The molecule has 132 valence electrons. The summed E-state index contributed by atoms with van der Waals surface area (Å²) in [7, 11) is 0. The highest BCUT2D eigenvalue weighted by Crippen LogP contribution is 2.19. The molecule has 1 aromatic rings. The second-order valence-corrected chi connectivity index (χ2v) is 6.38. The molecule has 0 aliphatic carbocycles. The zero-order valence-electron chi connectivity index (χ0n) is 14.0. The smallest absolute Gasteiger partial charge is 0.227 e. The van der Waals surface area contributed by atoms with E-state index >= 15 is 0 Å². The van der Waals surface area contributed by atoms with Gasteiger partial charge in [-0.05, 0) is 43.7 Å². The van der Waals surface area contributed by atoms with Crippen LogP contribution in [0.2, 0.25) is 0 Å². The van der Waals surface area contributed by atoms with Crippen molar-refractivity contribution in [2.24, 2.45) is 5.92 Å². The molecule has 0 spiro atoms. The molecule has 0 bridgehead atoms. The summed E-state index contributed by atoms with van der Waals surface area (Å²) in [5.41, 5.74) is 0. The summed E-state index contributed by atoms with van der Waals surface area (Å²) >= 11 is 0. The number of amides is 1. The zero-order valence-corrected chi connectivity index (χ0v) is 14.0. The number of morpholine rings is 1. The van der Waals surface area contributed by atoms with E-state index in [1.54, 1.807) is 12.1 Å². The van der Waals surface area contributed by atoms with Crippen LogP contribution in [0.5, 0.6) is 5.75 Å². The van der Waals surface area contributed by atoms with Crippen LogP contribution >= 0.6 is 0 Å². The number of carbonyl (C=O) groups is 1. The number of rotatable bonds is 5. The lowest BCUT2D eigenvalue weighted by Gasteiger charge is -2.36. The van der Waals surface area contributed by atoms with Crippen molar-refractivity contribution >= 4 is 5.91 Å². The summed E-state index contributed by atoms with van der Waals surface area (Å²) in [4.78, 5) is 16.8. The van der Waals surface area contributed by atoms with Gasteiger partial charge in [-0.1, -0.05) is 0 Å². The molecule has 1 unspecified atom stereocenters. The topological polar surface area (TPSA) is 42.0 Å². The summed E-state index contributed by atoms with van der Waals surface area (Å²) < 4.78 is 23.8. The first-order valence-electron chi connectivity index (χ1n) is 8.69. The molecule has 1 atom stereocenters. The van der Waals surface area contributed by atoms with Crippen LogP contribution in [0.4, 0.5) is 4.39 Å². The van der Waals surface area contributed by atoms with E-state index in [-0.39, 0.29) is 17.6 Å². The molecule has 2 aliphatic heterocycles. The normalized spacial score (nSPS) is 22.4. The zero-order chi connectivity index (χ0) is 16.8. The van der Waals surface area contributed by atoms with Gasteiger partial charge in [-0.2, -0.15) is 0 Å². The quantitative estimate of drug-likeness (QED) is 0.822. The van der Waals surface area contributed by atoms with E-state index < -0.39 is 0 Å². The van der Waals surface area contributed by atoms with Gasteiger partial charge in [0.25, 0.3) is 0 Å². The molecule has 0 aromatic heterocycles. The number of carbonyl (C=O) groups excluding carboxylic acids is 1. The van der Waals surface area contributed by atoms with Crippen LogP contribution in [-0.2, 0) is 9.53 Å². The highest BCUT2D eigenvalue weighted by molar-refractivity contribution is 5.79. The van der Waals surface area contributed by atoms with Crippen LogP contribution < -0.4 is 4.74 Å². The van der Waals surface area contributed by atoms with Crippen LogP contribution in [0.3, 0.4) is 0 Å². The minimum atomic E-state index is -0.261. The standard InChI is InChI=1S/C18H25FN2O3/c19-16-3-5-17(6-4-16)24-13-8-20-7-1-2-15(14-20)18(22)21-9-11-23-12-10-21/h3-6,15H,1-2,7-14H2. The van der Waals surface area contributed by atoms with Crippen molar-refractivity contribution in [2.45, 2.75) is 12.8 Å². The molecule has 0 N–H and O–H groups in total.